The van der Waals surface area contributed by atoms with E-state index in [0.29, 0.717) is 0 Å². The van der Waals surface area contributed by atoms with Crippen molar-refractivity contribution in [1.29, 1.82) is 0 Å². The van der Waals surface area contributed by atoms with Gasteiger partial charge in [0.2, 0.25) is 0 Å². The molecule has 0 fully saturated rings. The Bertz CT molecular complexity index is 302. The average molecular weight is 491 g/mol. The van der Waals surface area contributed by atoms with E-state index in [1.54, 1.807) is 0 Å². The number of unbranched alkanes of at least 4 members (excludes halogenated alkanes) is 15. The highest BCUT2D eigenvalue weighted by molar-refractivity contribution is 8.93. The molecular weight excluding hydrogens is 430 g/mol. The Morgan fingerprint density at radius 2 is 0.833 bits per heavy atom. The quantitative estimate of drug-likeness (QED) is 0.142. The first-order chi connectivity index (χ1) is 14.1. The van der Waals surface area contributed by atoms with Gasteiger partial charge in [0.15, 0.2) is 0 Å². The van der Waals surface area contributed by atoms with E-state index in [1.165, 1.54) is 141 Å². The van der Waals surface area contributed by atoms with E-state index in [1.807, 2.05) is 0 Å². The fraction of sp³-hybridized carbons (Fsp3) is 1.00. The van der Waals surface area contributed by atoms with Gasteiger partial charge in [0.1, 0.15) is 0 Å². The summed E-state index contributed by atoms with van der Waals surface area (Å²) in [6.45, 7) is 9.31. The van der Waals surface area contributed by atoms with Crippen LogP contribution in [0.3, 0.4) is 0 Å². The molecule has 0 aromatic heterocycles. The van der Waals surface area contributed by atoms with Crippen LogP contribution < -0.4 is 5.73 Å². The molecule has 1 atom stereocenters. The van der Waals surface area contributed by atoms with Gasteiger partial charge in [-0.15, -0.1) is 17.0 Å². The second kappa shape index (κ2) is 24.1. The fourth-order valence-corrected chi connectivity index (χ4v) is 5.07. The van der Waals surface area contributed by atoms with Crippen molar-refractivity contribution in [2.24, 2.45) is 11.7 Å². The summed E-state index contributed by atoms with van der Waals surface area (Å²) in [5.74, 6) is 0.736. The largest absolute Gasteiger partial charge is 0.325 e. The zero-order chi connectivity index (χ0) is 21.6. The van der Waals surface area contributed by atoms with Gasteiger partial charge in [-0.3, -0.25) is 0 Å². The monoisotopic (exact) mass is 489 g/mol. The van der Waals surface area contributed by atoms with Crippen molar-refractivity contribution in [3.05, 3.63) is 0 Å². The molecule has 0 aliphatic heterocycles. The van der Waals surface area contributed by atoms with Crippen LogP contribution in [0.25, 0.3) is 0 Å². The Balaban J connectivity index is 0. The Morgan fingerprint density at radius 1 is 0.500 bits per heavy atom. The topological polar surface area (TPSA) is 26.0 Å². The van der Waals surface area contributed by atoms with E-state index in [0.717, 1.165) is 5.92 Å². The van der Waals surface area contributed by atoms with Gasteiger partial charge in [-0.2, -0.15) is 0 Å². The van der Waals surface area contributed by atoms with Crippen LogP contribution in [0.1, 0.15) is 169 Å². The Hall–Kier alpha value is 0.440. The molecule has 0 aromatic rings. The maximum absolute atomic E-state index is 7.20. The first-order valence-electron chi connectivity index (χ1n) is 13.9. The van der Waals surface area contributed by atoms with Gasteiger partial charge < -0.3 is 5.73 Å². The SMILES string of the molecule is Br.CCCCCCCCC(CC)C(N)(CCCCCCCC)CCCCCCCC. The summed E-state index contributed by atoms with van der Waals surface area (Å²) in [5.41, 5.74) is 7.30. The van der Waals surface area contributed by atoms with Crippen LogP contribution >= 0.6 is 17.0 Å². The summed E-state index contributed by atoms with van der Waals surface area (Å²) in [4.78, 5) is 0. The van der Waals surface area contributed by atoms with Crippen molar-refractivity contribution in [1.82, 2.24) is 0 Å². The standard InChI is InChI=1S/C28H59N.BrH/c1-5-9-12-15-18-21-24-27(8-4)28(29,25-22-19-16-13-10-6-2)26-23-20-17-14-11-7-3;/h27H,5-26,29H2,1-4H3;1H. The molecule has 0 aliphatic rings. The third-order valence-corrected chi connectivity index (χ3v) is 7.20. The maximum atomic E-state index is 7.20. The minimum atomic E-state index is 0. The lowest BCUT2D eigenvalue weighted by Gasteiger charge is -2.38. The average Bonchev–Trinajstić information content (AvgIpc) is 2.72. The second-order valence-electron chi connectivity index (χ2n) is 9.93. The highest BCUT2D eigenvalue weighted by Gasteiger charge is 2.32. The summed E-state index contributed by atoms with van der Waals surface area (Å²) in [7, 11) is 0. The zero-order valence-electron chi connectivity index (χ0n) is 21.6. The summed E-state index contributed by atoms with van der Waals surface area (Å²) < 4.78 is 0. The molecule has 0 saturated carbocycles. The predicted molar refractivity (Wildman–Crippen MR) is 145 cm³/mol. The van der Waals surface area contributed by atoms with Crippen molar-refractivity contribution in [2.45, 2.75) is 174 Å². The van der Waals surface area contributed by atoms with Crippen molar-refractivity contribution < 1.29 is 0 Å². The van der Waals surface area contributed by atoms with Crippen LogP contribution in [0.15, 0.2) is 0 Å². The zero-order valence-corrected chi connectivity index (χ0v) is 23.3. The number of hydrogen-bond donors (Lipinski definition) is 1. The molecule has 1 nitrogen and oxygen atoms in total. The van der Waals surface area contributed by atoms with E-state index in [9.17, 15) is 0 Å². The molecule has 0 aromatic carbocycles. The Labute approximate surface area is 202 Å². The number of rotatable bonds is 23. The summed E-state index contributed by atoms with van der Waals surface area (Å²) in [6.07, 6.45) is 30.2. The smallest absolute Gasteiger partial charge is 0.0182 e. The van der Waals surface area contributed by atoms with Gasteiger partial charge in [-0.25, -0.2) is 0 Å². The van der Waals surface area contributed by atoms with Gasteiger partial charge in [0.05, 0.1) is 0 Å². The third kappa shape index (κ3) is 18.1. The molecule has 0 heterocycles. The van der Waals surface area contributed by atoms with Crippen LogP contribution in [-0.2, 0) is 0 Å². The molecule has 0 bridgehead atoms. The molecule has 0 saturated heterocycles. The van der Waals surface area contributed by atoms with Gasteiger partial charge in [0, 0.05) is 5.54 Å². The summed E-state index contributed by atoms with van der Waals surface area (Å²) in [5, 5.41) is 0. The van der Waals surface area contributed by atoms with Crippen LogP contribution in [0, 0.1) is 5.92 Å². The van der Waals surface area contributed by atoms with E-state index in [4.69, 9.17) is 5.73 Å². The third-order valence-electron chi connectivity index (χ3n) is 7.20. The molecule has 2 heteroatoms. The summed E-state index contributed by atoms with van der Waals surface area (Å²) >= 11 is 0. The molecule has 0 aliphatic carbocycles. The maximum Gasteiger partial charge on any atom is 0.0182 e. The van der Waals surface area contributed by atoms with Gasteiger partial charge in [-0.05, 0) is 25.2 Å². The van der Waals surface area contributed by atoms with E-state index in [2.05, 4.69) is 27.7 Å². The van der Waals surface area contributed by atoms with Gasteiger partial charge >= 0.3 is 0 Å². The fourth-order valence-electron chi connectivity index (χ4n) is 5.07. The molecule has 2 N–H and O–H groups in total. The lowest BCUT2D eigenvalue weighted by atomic mass is 9.73. The van der Waals surface area contributed by atoms with Gasteiger partial charge in [-0.1, -0.05) is 150 Å². The van der Waals surface area contributed by atoms with Gasteiger partial charge in [0.25, 0.3) is 0 Å². The first kappa shape index (κ1) is 32.6. The lowest BCUT2D eigenvalue weighted by molar-refractivity contribution is 0.199. The molecule has 30 heavy (non-hydrogen) atoms. The minimum Gasteiger partial charge on any atom is -0.325 e. The molecular formula is C28H60BrN. The molecule has 0 radical (unpaired) electrons. The van der Waals surface area contributed by atoms with Crippen molar-refractivity contribution in [3.8, 4) is 0 Å². The highest BCUT2D eigenvalue weighted by Crippen LogP contribution is 2.34. The first-order valence-corrected chi connectivity index (χ1v) is 13.9. The predicted octanol–water partition coefficient (Wildman–Crippen LogP) is 10.5. The normalized spacial score (nSPS) is 12.7. The molecule has 0 rings (SSSR count). The Morgan fingerprint density at radius 3 is 1.20 bits per heavy atom. The minimum absolute atomic E-state index is 0. The summed E-state index contributed by atoms with van der Waals surface area (Å²) in [6, 6.07) is 0. The van der Waals surface area contributed by atoms with Crippen molar-refractivity contribution >= 4 is 17.0 Å². The molecule has 0 amide bonds. The Kier molecular flexibility index (Phi) is 26.2. The van der Waals surface area contributed by atoms with Crippen LogP contribution in [0.2, 0.25) is 0 Å². The molecule has 184 valence electrons. The second-order valence-corrected chi connectivity index (χ2v) is 9.93. The highest BCUT2D eigenvalue weighted by atomic mass is 79.9. The number of nitrogens with two attached hydrogens (primary N) is 1. The van der Waals surface area contributed by atoms with Crippen molar-refractivity contribution in [2.75, 3.05) is 0 Å². The number of halogens is 1. The molecule has 1 unspecified atom stereocenters. The van der Waals surface area contributed by atoms with Crippen LogP contribution in [0.5, 0.6) is 0 Å². The van der Waals surface area contributed by atoms with E-state index >= 15 is 0 Å². The lowest BCUT2D eigenvalue weighted by Crippen LogP contribution is -2.47. The van der Waals surface area contributed by atoms with Crippen LogP contribution in [-0.4, -0.2) is 5.54 Å². The molecule has 0 spiro atoms. The van der Waals surface area contributed by atoms with Crippen LogP contribution in [0.4, 0.5) is 0 Å². The van der Waals surface area contributed by atoms with E-state index < -0.39 is 0 Å². The van der Waals surface area contributed by atoms with E-state index in [-0.39, 0.29) is 22.5 Å². The number of hydrogen-bond acceptors (Lipinski definition) is 1. The van der Waals surface area contributed by atoms with Crippen molar-refractivity contribution in [3.63, 3.8) is 0 Å².